The van der Waals surface area contributed by atoms with E-state index >= 15 is 4.39 Å². The number of allylic oxidation sites excluding steroid dienone is 4. The van der Waals surface area contributed by atoms with Gasteiger partial charge in [-0.3, -0.25) is 9.59 Å². The molecule has 4 aliphatic carbocycles. The van der Waals surface area contributed by atoms with E-state index in [1.165, 1.54) is 36.4 Å². The molecule has 220 valence electrons. The zero-order valence-electron chi connectivity index (χ0n) is 23.2. The van der Waals surface area contributed by atoms with Crippen molar-refractivity contribution in [2.45, 2.75) is 70.4 Å². The van der Waals surface area contributed by atoms with E-state index < -0.39 is 69.4 Å². The summed E-state index contributed by atoms with van der Waals surface area (Å²) in [5.41, 5.74) is -5.14. The highest BCUT2D eigenvalue weighted by Crippen LogP contribution is 2.70. The van der Waals surface area contributed by atoms with E-state index in [0.717, 1.165) is 0 Å². The number of rotatable bonds is 7. The molecule has 1 aromatic carbocycles. The number of carbonyl (C=O) groups excluding carboxylic acids is 3. The van der Waals surface area contributed by atoms with Crippen molar-refractivity contribution in [3.63, 3.8) is 0 Å². The minimum absolute atomic E-state index is 0.119. The Kier molecular flexibility index (Phi) is 6.97. The molecule has 8 atom stereocenters. The summed E-state index contributed by atoms with van der Waals surface area (Å²) < 4.78 is 22.5. The molecule has 0 amide bonds. The first-order chi connectivity index (χ1) is 19.2. The molecular weight excluding hydrogens is 537 g/mol. The van der Waals surface area contributed by atoms with Gasteiger partial charge in [0.2, 0.25) is 5.78 Å². The summed E-state index contributed by atoms with van der Waals surface area (Å²) in [7, 11) is 0. The van der Waals surface area contributed by atoms with Crippen LogP contribution in [0, 0.1) is 33.5 Å². The van der Waals surface area contributed by atoms with Crippen molar-refractivity contribution < 1.29 is 48.9 Å². The van der Waals surface area contributed by atoms with Crippen molar-refractivity contribution in [1.29, 1.82) is 0 Å². The molecule has 0 heterocycles. The van der Waals surface area contributed by atoms with Gasteiger partial charge in [0.1, 0.15) is 10.5 Å². The van der Waals surface area contributed by atoms with Crippen LogP contribution in [0.4, 0.5) is 4.39 Å². The molecule has 3 saturated carbocycles. The maximum absolute atomic E-state index is 17.3. The minimum atomic E-state index is -2.08. The summed E-state index contributed by atoms with van der Waals surface area (Å²) in [6.07, 6.45) is 3.88. The molecular formula is C30H35FNO9+. The van der Waals surface area contributed by atoms with Crippen LogP contribution < -0.4 is 0 Å². The number of nitrogens with zero attached hydrogens (tertiary/aromatic N) is 1. The van der Waals surface area contributed by atoms with E-state index in [1.807, 2.05) is 0 Å². The molecule has 4 aliphatic rings. The number of ketones is 2. The van der Waals surface area contributed by atoms with Gasteiger partial charge in [0, 0.05) is 16.7 Å². The maximum atomic E-state index is 17.3. The van der Waals surface area contributed by atoms with Crippen LogP contribution >= 0.6 is 0 Å². The zero-order valence-corrected chi connectivity index (χ0v) is 23.2. The Hall–Kier alpha value is -3.44. The summed E-state index contributed by atoms with van der Waals surface area (Å²) >= 11 is 0. The highest BCUT2D eigenvalue weighted by atomic mass is 19.1. The molecule has 11 heteroatoms. The van der Waals surface area contributed by atoms with Crippen molar-refractivity contribution in [2.24, 2.45) is 28.6 Å². The number of aliphatic hydroxyl groups excluding tert-OH is 1. The van der Waals surface area contributed by atoms with Crippen LogP contribution in [0.5, 0.6) is 0 Å². The van der Waals surface area contributed by atoms with Crippen molar-refractivity contribution >= 4 is 17.5 Å². The van der Waals surface area contributed by atoms with E-state index in [-0.39, 0.29) is 24.4 Å². The van der Waals surface area contributed by atoms with Gasteiger partial charge in [-0.15, -0.1) is 0 Å². The molecule has 10 nitrogen and oxygen atoms in total. The van der Waals surface area contributed by atoms with Crippen LogP contribution in [0.25, 0.3) is 0 Å². The van der Waals surface area contributed by atoms with E-state index in [0.29, 0.717) is 30.4 Å². The molecule has 2 unspecified atom stereocenters. The van der Waals surface area contributed by atoms with Crippen LogP contribution in [-0.4, -0.2) is 62.0 Å². The van der Waals surface area contributed by atoms with Gasteiger partial charge in [-0.05, 0) is 74.3 Å². The van der Waals surface area contributed by atoms with Crippen molar-refractivity contribution in [1.82, 2.24) is 0 Å². The number of hydrogen-bond acceptors (Lipinski definition) is 8. The smallest absolute Gasteiger partial charge is 0.454 e. The summed E-state index contributed by atoms with van der Waals surface area (Å²) in [5.74, 6) is -3.40. The number of benzene rings is 1. The number of fused-ring (bicyclic) bond motifs is 5. The van der Waals surface area contributed by atoms with Gasteiger partial charge in [-0.2, -0.15) is 4.84 Å². The zero-order chi connectivity index (χ0) is 30.0. The molecule has 0 spiro atoms. The Labute approximate surface area is 236 Å². The van der Waals surface area contributed by atoms with Gasteiger partial charge in [0.15, 0.2) is 24.7 Å². The average molecular weight is 573 g/mol. The number of alkyl halides is 1. The van der Waals surface area contributed by atoms with E-state index in [9.17, 15) is 29.5 Å². The molecule has 3 fully saturated rings. The van der Waals surface area contributed by atoms with Gasteiger partial charge in [0.05, 0.1) is 11.7 Å². The predicted molar refractivity (Wildman–Crippen MR) is 140 cm³/mol. The van der Waals surface area contributed by atoms with Gasteiger partial charge < -0.3 is 14.9 Å². The van der Waals surface area contributed by atoms with Gasteiger partial charge in [-0.1, -0.05) is 37.6 Å². The lowest BCUT2D eigenvalue weighted by atomic mass is 9.44. The summed E-state index contributed by atoms with van der Waals surface area (Å²) in [6.45, 7) is 4.21. The summed E-state index contributed by atoms with van der Waals surface area (Å²) in [4.78, 5) is 53.2. The molecule has 3 N–H and O–H groups in total. The van der Waals surface area contributed by atoms with Crippen molar-refractivity contribution in [3.8, 4) is 0 Å². The molecule has 5 rings (SSSR count). The molecule has 0 bridgehead atoms. The number of esters is 1. The van der Waals surface area contributed by atoms with Gasteiger partial charge >= 0.3 is 11.1 Å². The first kappa shape index (κ1) is 29.1. The number of hydrogen-bond donors (Lipinski definition) is 3. The SMILES string of the molecule is C[C@@H]1CC2C3CCC4=CC(=O)C=C[C@]4(C)[C@@]3(F)[C@@H](O)C[C@]2(C)[C@@]1(O)C(=O)COC(=O)c1ccc(CO[N+](=O)O)cc1. The van der Waals surface area contributed by atoms with Crippen LogP contribution in [0.3, 0.4) is 0 Å². The highest BCUT2D eigenvalue weighted by molar-refractivity contribution is 6.01. The lowest BCUT2D eigenvalue weighted by Gasteiger charge is -2.62. The molecule has 0 saturated heterocycles. The first-order valence-corrected chi connectivity index (χ1v) is 13.8. The lowest BCUT2D eigenvalue weighted by molar-refractivity contribution is -0.979. The topological polar surface area (TPSA) is 150 Å². The molecule has 0 radical (unpaired) electrons. The van der Waals surface area contributed by atoms with Gasteiger partial charge in [0.25, 0.3) is 0 Å². The normalized spacial score (nSPS) is 39.2. The van der Waals surface area contributed by atoms with Crippen molar-refractivity contribution in [2.75, 3.05) is 6.61 Å². The third-order valence-electron chi connectivity index (χ3n) is 10.5. The third-order valence-corrected chi connectivity index (χ3v) is 10.5. The largest absolute Gasteiger partial charge is 0.475 e. The van der Waals surface area contributed by atoms with Crippen LogP contribution in [0.1, 0.15) is 62.4 Å². The summed E-state index contributed by atoms with van der Waals surface area (Å²) in [5, 5.41) is 31.3. The van der Waals surface area contributed by atoms with E-state index in [1.54, 1.807) is 26.8 Å². The van der Waals surface area contributed by atoms with E-state index in [4.69, 9.17) is 9.94 Å². The minimum Gasteiger partial charge on any atom is -0.454 e. The first-order valence-electron chi connectivity index (χ1n) is 13.8. The Balaban J connectivity index is 1.34. The number of aliphatic hydroxyl groups is 2. The number of Topliss-reactive ketones (excluding diaryl/α,β-unsaturated/α-hetero) is 1. The second-order valence-corrected chi connectivity index (χ2v) is 12.4. The number of carbonyl (C=O) groups is 3. The van der Waals surface area contributed by atoms with Crippen LogP contribution in [0.2, 0.25) is 0 Å². The molecule has 0 aliphatic heterocycles. The number of halogens is 1. The Morgan fingerprint density at radius 2 is 1.85 bits per heavy atom. The lowest BCUT2D eigenvalue weighted by Crippen LogP contribution is -2.69. The average Bonchev–Trinajstić information content (AvgIpc) is 3.13. The highest BCUT2D eigenvalue weighted by Gasteiger charge is 2.75. The fraction of sp³-hybridized carbons (Fsp3) is 0.567. The standard InChI is InChI=1S/C30H35FNO9/c1-17-12-23-22-9-8-20-13-21(33)10-11-27(20,2)29(22,31)24(34)14-28(23,3)30(17,37)25(35)16-40-26(36)19-6-4-18(5-7-19)15-41-32(38)39/h4-7,10-11,13,17,22-24,34,37H,8-9,12,14-16H2,1-3H3,(H,38,39)/q+1/t17-,22?,23?,24+,27+,28+,29+,30+/m1/s1. The predicted octanol–water partition coefficient (Wildman–Crippen LogP) is 3.36. The van der Waals surface area contributed by atoms with Crippen LogP contribution in [0.15, 0.2) is 48.1 Å². The number of ether oxygens (including phenoxy) is 1. The van der Waals surface area contributed by atoms with Crippen LogP contribution in [-0.2, 0) is 25.8 Å². The monoisotopic (exact) mass is 572 g/mol. The Morgan fingerprint density at radius 1 is 1.17 bits per heavy atom. The third kappa shape index (κ3) is 4.15. The second-order valence-electron chi connectivity index (χ2n) is 12.4. The molecule has 1 aromatic rings. The molecule has 0 aromatic heterocycles. The quantitative estimate of drug-likeness (QED) is 0.330. The fourth-order valence-corrected chi connectivity index (χ4v) is 8.33. The van der Waals surface area contributed by atoms with Gasteiger partial charge in [-0.25, -0.2) is 14.4 Å². The van der Waals surface area contributed by atoms with Crippen molar-refractivity contribution in [3.05, 3.63) is 64.1 Å². The summed E-state index contributed by atoms with van der Waals surface area (Å²) in [6, 6.07) is 5.77. The Bertz CT molecular complexity index is 1360. The van der Waals surface area contributed by atoms with E-state index in [2.05, 4.69) is 4.84 Å². The second kappa shape index (κ2) is 9.84. The Morgan fingerprint density at radius 3 is 2.51 bits per heavy atom. The fourth-order valence-electron chi connectivity index (χ4n) is 8.33. The molecule has 41 heavy (non-hydrogen) atoms. The maximum Gasteiger partial charge on any atom is 0.475 e.